The minimum Gasteiger partial charge on any atom is -0.496 e. The van der Waals surface area contributed by atoms with Crippen LogP contribution in [0.4, 0.5) is 0 Å². The van der Waals surface area contributed by atoms with Crippen LogP contribution in [0.3, 0.4) is 0 Å². The topological polar surface area (TPSA) is 126 Å². The molecule has 2 saturated heterocycles. The molecule has 2 fully saturated rings. The number of halogens is 2. The standard InChI is InChI=1S/C36H35Cl2N5O5/c1-47-29-14-21(13-20-9-10-26(32(20)29)40-16-31(45)46)22-5-3-6-23(33(22)37)24-7-4-8-25(34(24)38)27-15-39-28(35(41-27)48-2)17-43-18-36(19-43)12-11-30(44)42-36/h3-8,13-15,26,40H,9-12,16-19H2,1-2H3,(H,42,44)(H,45,46)/t26-/m0/s1. The quantitative estimate of drug-likeness (QED) is 0.186. The molecule has 2 aliphatic heterocycles. The Kier molecular flexibility index (Phi) is 8.76. The van der Waals surface area contributed by atoms with Crippen molar-refractivity contribution in [3.63, 3.8) is 0 Å². The molecular weight excluding hydrogens is 653 g/mol. The van der Waals surface area contributed by atoms with Gasteiger partial charge in [0, 0.05) is 59.9 Å². The molecule has 1 aromatic heterocycles. The smallest absolute Gasteiger partial charge is 0.317 e. The summed E-state index contributed by atoms with van der Waals surface area (Å²) in [5.41, 5.74) is 7.22. The number of aryl methyl sites for hydroxylation is 1. The number of carboxylic acids is 1. The van der Waals surface area contributed by atoms with Crippen LogP contribution >= 0.6 is 23.2 Å². The number of methoxy groups -OCH3 is 2. The van der Waals surface area contributed by atoms with Crippen molar-refractivity contribution in [2.45, 2.75) is 43.8 Å². The van der Waals surface area contributed by atoms with E-state index in [-0.39, 0.29) is 24.0 Å². The van der Waals surface area contributed by atoms with Crippen molar-refractivity contribution >= 4 is 35.1 Å². The van der Waals surface area contributed by atoms with Gasteiger partial charge in [0.2, 0.25) is 11.8 Å². The van der Waals surface area contributed by atoms with Crippen LogP contribution in [0, 0.1) is 0 Å². The van der Waals surface area contributed by atoms with Gasteiger partial charge in [-0.25, -0.2) is 4.98 Å². The highest BCUT2D eigenvalue weighted by Crippen LogP contribution is 2.46. The van der Waals surface area contributed by atoms with E-state index in [9.17, 15) is 9.59 Å². The number of fused-ring (bicyclic) bond motifs is 1. The van der Waals surface area contributed by atoms with E-state index in [0.29, 0.717) is 45.9 Å². The summed E-state index contributed by atoms with van der Waals surface area (Å²) < 4.78 is 11.4. The molecule has 0 saturated carbocycles. The van der Waals surface area contributed by atoms with E-state index in [2.05, 4.69) is 21.6 Å². The van der Waals surface area contributed by atoms with Gasteiger partial charge in [0.25, 0.3) is 0 Å². The molecule has 1 amide bonds. The maximum atomic E-state index is 11.7. The van der Waals surface area contributed by atoms with Gasteiger partial charge in [-0.05, 0) is 36.5 Å². The number of hydrogen-bond acceptors (Lipinski definition) is 8. The molecule has 1 spiro atoms. The second kappa shape index (κ2) is 13.0. The number of carbonyl (C=O) groups is 2. The van der Waals surface area contributed by atoms with Gasteiger partial charge in [0.1, 0.15) is 11.4 Å². The van der Waals surface area contributed by atoms with Crippen molar-refractivity contribution in [2.24, 2.45) is 0 Å². The molecule has 0 unspecified atom stereocenters. The Morgan fingerprint density at radius 1 is 1.04 bits per heavy atom. The van der Waals surface area contributed by atoms with Crippen LogP contribution in [0.25, 0.3) is 33.5 Å². The number of carbonyl (C=O) groups excluding carboxylic acids is 1. The Bertz CT molecular complexity index is 1930. The van der Waals surface area contributed by atoms with Crippen molar-refractivity contribution in [1.82, 2.24) is 25.5 Å². The Labute approximate surface area is 288 Å². The van der Waals surface area contributed by atoms with Crippen LogP contribution in [0.5, 0.6) is 11.6 Å². The summed E-state index contributed by atoms with van der Waals surface area (Å²) in [5.74, 6) is 0.343. The highest BCUT2D eigenvalue weighted by Gasteiger charge is 2.47. The van der Waals surface area contributed by atoms with E-state index in [1.807, 2.05) is 42.5 Å². The third-order valence-electron chi connectivity index (χ3n) is 9.54. The van der Waals surface area contributed by atoms with Crippen LogP contribution in [-0.2, 0) is 22.6 Å². The molecule has 7 rings (SSSR count). The SMILES string of the molecule is COc1cc(-c2cccc(-c3cccc(-c4cnc(CN5CC6(CCC(=O)N6)C5)c(OC)n4)c3Cl)c2Cl)cc2c1[C@@H](NCC(=O)O)CC2. The minimum absolute atomic E-state index is 0.0942. The fourth-order valence-electron chi connectivity index (χ4n) is 7.31. The maximum Gasteiger partial charge on any atom is 0.317 e. The number of amides is 1. The molecule has 3 aliphatic rings. The highest BCUT2D eigenvalue weighted by molar-refractivity contribution is 6.39. The average molecular weight is 689 g/mol. The molecule has 3 aromatic carbocycles. The summed E-state index contributed by atoms with van der Waals surface area (Å²) in [6, 6.07) is 15.6. The van der Waals surface area contributed by atoms with E-state index in [1.54, 1.807) is 20.4 Å². The second-order valence-corrected chi connectivity index (χ2v) is 13.4. The second-order valence-electron chi connectivity index (χ2n) is 12.6. The van der Waals surface area contributed by atoms with Crippen LogP contribution < -0.4 is 20.1 Å². The molecule has 4 aromatic rings. The normalized spacial score (nSPS) is 18.0. The number of rotatable bonds is 10. The van der Waals surface area contributed by atoms with Crippen molar-refractivity contribution in [2.75, 3.05) is 33.9 Å². The summed E-state index contributed by atoms with van der Waals surface area (Å²) >= 11 is 14.2. The number of hydrogen-bond donors (Lipinski definition) is 3. The predicted molar refractivity (Wildman–Crippen MR) is 184 cm³/mol. The lowest BCUT2D eigenvalue weighted by Crippen LogP contribution is -2.66. The van der Waals surface area contributed by atoms with Crippen molar-refractivity contribution < 1.29 is 24.2 Å². The molecule has 3 heterocycles. The fraction of sp³-hybridized carbons (Fsp3) is 0.333. The molecule has 1 atom stereocenters. The summed E-state index contributed by atoms with van der Waals surface area (Å²) in [5, 5.41) is 16.4. The number of nitrogens with zero attached hydrogens (tertiary/aromatic N) is 3. The largest absolute Gasteiger partial charge is 0.496 e. The minimum atomic E-state index is -0.897. The zero-order valence-electron chi connectivity index (χ0n) is 26.6. The molecule has 10 nitrogen and oxygen atoms in total. The molecule has 248 valence electrons. The molecular formula is C36H35Cl2N5O5. The third-order valence-corrected chi connectivity index (χ3v) is 10.4. The third kappa shape index (κ3) is 5.98. The van der Waals surface area contributed by atoms with Gasteiger partial charge < -0.3 is 19.9 Å². The number of ether oxygens (including phenoxy) is 2. The molecule has 0 radical (unpaired) electrons. The van der Waals surface area contributed by atoms with Gasteiger partial charge >= 0.3 is 5.97 Å². The first-order chi connectivity index (χ1) is 23.2. The number of aromatic nitrogens is 2. The van der Waals surface area contributed by atoms with Gasteiger partial charge in [-0.15, -0.1) is 0 Å². The first-order valence-corrected chi connectivity index (χ1v) is 16.6. The number of carboxylic acid groups (broad SMARTS) is 1. The summed E-state index contributed by atoms with van der Waals surface area (Å²) in [4.78, 5) is 34.6. The Balaban J connectivity index is 1.16. The number of likely N-dealkylation sites (tertiary alicyclic amines) is 1. The summed E-state index contributed by atoms with van der Waals surface area (Å²) in [6.45, 7) is 2.01. The van der Waals surface area contributed by atoms with Crippen molar-refractivity contribution in [3.05, 3.63) is 81.6 Å². The molecule has 0 bridgehead atoms. The number of nitrogens with one attached hydrogen (secondary N) is 2. The summed E-state index contributed by atoms with van der Waals surface area (Å²) in [6.07, 6.45) is 4.73. The Morgan fingerprint density at radius 3 is 2.42 bits per heavy atom. The lowest BCUT2D eigenvalue weighted by Gasteiger charge is -2.47. The number of benzene rings is 3. The van der Waals surface area contributed by atoms with Gasteiger partial charge in [-0.2, -0.15) is 0 Å². The maximum absolute atomic E-state index is 11.7. The lowest BCUT2D eigenvalue weighted by molar-refractivity contribution is -0.136. The summed E-state index contributed by atoms with van der Waals surface area (Å²) in [7, 11) is 3.20. The Morgan fingerprint density at radius 2 is 1.75 bits per heavy atom. The molecule has 12 heteroatoms. The molecule has 1 aliphatic carbocycles. The monoisotopic (exact) mass is 687 g/mol. The van der Waals surface area contributed by atoms with E-state index in [1.165, 1.54) is 0 Å². The van der Waals surface area contributed by atoms with Crippen LogP contribution in [0.15, 0.2) is 54.7 Å². The number of aliphatic carboxylic acids is 1. The average Bonchev–Trinajstić information content (AvgIpc) is 3.67. The molecule has 3 N–H and O–H groups in total. The Hall–Kier alpha value is -4.22. The zero-order chi connectivity index (χ0) is 33.6. The van der Waals surface area contributed by atoms with E-state index < -0.39 is 5.97 Å². The van der Waals surface area contributed by atoms with Crippen molar-refractivity contribution in [3.8, 4) is 45.1 Å². The van der Waals surface area contributed by atoms with Crippen LogP contribution in [-0.4, -0.2) is 71.2 Å². The van der Waals surface area contributed by atoms with E-state index in [0.717, 1.165) is 71.4 Å². The van der Waals surface area contributed by atoms with Gasteiger partial charge in [-0.1, -0.05) is 65.7 Å². The fourth-order valence-corrected chi connectivity index (χ4v) is 7.97. The van der Waals surface area contributed by atoms with Gasteiger partial charge in [0.15, 0.2) is 0 Å². The van der Waals surface area contributed by atoms with E-state index >= 15 is 0 Å². The first-order valence-electron chi connectivity index (χ1n) is 15.9. The molecule has 48 heavy (non-hydrogen) atoms. The van der Waals surface area contributed by atoms with Gasteiger partial charge in [0.05, 0.1) is 48.2 Å². The van der Waals surface area contributed by atoms with Crippen LogP contribution in [0.1, 0.15) is 42.1 Å². The van der Waals surface area contributed by atoms with Crippen LogP contribution in [0.2, 0.25) is 10.0 Å². The van der Waals surface area contributed by atoms with E-state index in [4.69, 9.17) is 47.8 Å². The first kappa shape index (κ1) is 32.3. The van der Waals surface area contributed by atoms with Crippen molar-refractivity contribution in [1.29, 1.82) is 0 Å². The predicted octanol–water partition coefficient (Wildman–Crippen LogP) is 5.93. The van der Waals surface area contributed by atoms with Gasteiger partial charge in [-0.3, -0.25) is 24.8 Å². The highest BCUT2D eigenvalue weighted by atomic mass is 35.5. The zero-order valence-corrected chi connectivity index (χ0v) is 28.1. The lowest BCUT2D eigenvalue weighted by atomic mass is 9.88.